The standard InChI is InChI=1S/C11H11ClN4O3S/c1-15(4-7-2-3-9(12)20-7)11(19)8-5-16(14-13-8)6-10(17)18/h2-3,5H,4,6H2,1H3,(H,17,18). The maximum absolute atomic E-state index is 12.1. The predicted octanol–water partition coefficient (Wildman–Crippen LogP) is 1.35. The number of halogens is 1. The summed E-state index contributed by atoms with van der Waals surface area (Å²) < 4.78 is 1.76. The van der Waals surface area contributed by atoms with E-state index in [-0.39, 0.29) is 18.1 Å². The van der Waals surface area contributed by atoms with E-state index in [0.29, 0.717) is 10.9 Å². The Morgan fingerprint density at radius 2 is 2.25 bits per heavy atom. The number of hydrogen-bond acceptors (Lipinski definition) is 5. The molecule has 2 aromatic rings. The number of carbonyl (C=O) groups excluding carboxylic acids is 1. The molecule has 0 aliphatic carbocycles. The number of hydrogen-bond donors (Lipinski definition) is 1. The van der Waals surface area contributed by atoms with Crippen LogP contribution >= 0.6 is 22.9 Å². The monoisotopic (exact) mass is 314 g/mol. The normalized spacial score (nSPS) is 10.5. The van der Waals surface area contributed by atoms with Crippen LogP contribution < -0.4 is 0 Å². The van der Waals surface area contributed by atoms with Crippen molar-refractivity contribution in [3.05, 3.63) is 33.2 Å². The summed E-state index contributed by atoms with van der Waals surface area (Å²) in [4.78, 5) is 25.0. The molecular weight excluding hydrogens is 304 g/mol. The molecule has 0 unspecified atom stereocenters. The molecule has 0 aromatic carbocycles. The van der Waals surface area contributed by atoms with Crippen LogP contribution in [-0.4, -0.2) is 43.9 Å². The zero-order valence-corrected chi connectivity index (χ0v) is 12.1. The average molecular weight is 315 g/mol. The molecule has 0 fully saturated rings. The highest BCUT2D eigenvalue weighted by atomic mass is 35.5. The van der Waals surface area contributed by atoms with E-state index in [1.54, 1.807) is 13.1 Å². The molecule has 0 bridgehead atoms. The van der Waals surface area contributed by atoms with Gasteiger partial charge < -0.3 is 10.0 Å². The second kappa shape index (κ2) is 6.02. The van der Waals surface area contributed by atoms with Crippen LogP contribution in [0.1, 0.15) is 15.4 Å². The largest absolute Gasteiger partial charge is 0.480 e. The van der Waals surface area contributed by atoms with Crippen LogP contribution in [0.5, 0.6) is 0 Å². The fraction of sp³-hybridized carbons (Fsp3) is 0.273. The topological polar surface area (TPSA) is 88.3 Å². The molecule has 1 amide bonds. The van der Waals surface area contributed by atoms with Crippen LogP contribution in [0.15, 0.2) is 18.3 Å². The third-order valence-corrected chi connectivity index (χ3v) is 3.64. The van der Waals surface area contributed by atoms with E-state index in [2.05, 4.69) is 10.3 Å². The third-order valence-electron chi connectivity index (χ3n) is 2.42. The van der Waals surface area contributed by atoms with E-state index in [4.69, 9.17) is 16.7 Å². The van der Waals surface area contributed by atoms with Gasteiger partial charge >= 0.3 is 5.97 Å². The van der Waals surface area contributed by atoms with E-state index in [0.717, 1.165) is 9.56 Å². The number of thiophene rings is 1. The summed E-state index contributed by atoms with van der Waals surface area (Å²) in [6.45, 7) is 0.0759. The van der Waals surface area contributed by atoms with Gasteiger partial charge in [0.15, 0.2) is 5.69 Å². The fourth-order valence-electron chi connectivity index (χ4n) is 1.55. The molecular formula is C11H11ClN4O3S. The van der Waals surface area contributed by atoms with Gasteiger partial charge in [-0.3, -0.25) is 9.59 Å². The first-order chi connectivity index (χ1) is 9.45. The zero-order chi connectivity index (χ0) is 14.7. The van der Waals surface area contributed by atoms with Crippen molar-refractivity contribution in [3.8, 4) is 0 Å². The highest BCUT2D eigenvalue weighted by Crippen LogP contribution is 2.22. The summed E-state index contributed by atoms with van der Waals surface area (Å²) in [5.74, 6) is -1.37. The first-order valence-corrected chi connectivity index (χ1v) is 6.77. The maximum atomic E-state index is 12.1. The van der Waals surface area contributed by atoms with E-state index >= 15 is 0 Å². The molecule has 2 aromatic heterocycles. The summed E-state index contributed by atoms with van der Waals surface area (Å²) in [5.41, 5.74) is 0.108. The van der Waals surface area contributed by atoms with Crippen LogP contribution in [0, 0.1) is 0 Å². The third kappa shape index (κ3) is 3.55. The van der Waals surface area contributed by atoms with Crippen LogP contribution in [0.3, 0.4) is 0 Å². The molecule has 0 aliphatic heterocycles. The molecule has 1 N–H and O–H groups in total. The van der Waals surface area contributed by atoms with Crippen molar-refractivity contribution in [2.24, 2.45) is 0 Å². The Hall–Kier alpha value is -1.93. The number of carboxylic acids is 1. The molecule has 7 nitrogen and oxygen atoms in total. The minimum atomic E-state index is -1.05. The Morgan fingerprint density at radius 1 is 1.50 bits per heavy atom. The minimum absolute atomic E-state index is 0.108. The quantitative estimate of drug-likeness (QED) is 0.900. The lowest BCUT2D eigenvalue weighted by atomic mass is 10.3. The van der Waals surface area contributed by atoms with Gasteiger partial charge in [-0.2, -0.15) is 0 Å². The summed E-state index contributed by atoms with van der Waals surface area (Å²) in [5, 5.41) is 15.9. The van der Waals surface area contributed by atoms with E-state index in [1.807, 2.05) is 6.07 Å². The smallest absolute Gasteiger partial charge is 0.325 e. The summed E-state index contributed by atoms with van der Waals surface area (Å²) >= 11 is 7.22. The van der Waals surface area contributed by atoms with Gasteiger partial charge in [0.25, 0.3) is 5.91 Å². The lowest BCUT2D eigenvalue weighted by Gasteiger charge is -2.14. The van der Waals surface area contributed by atoms with Crippen molar-refractivity contribution in [2.45, 2.75) is 13.1 Å². The summed E-state index contributed by atoms with van der Waals surface area (Å²) in [6.07, 6.45) is 1.31. The van der Waals surface area contributed by atoms with Crippen molar-refractivity contribution in [2.75, 3.05) is 7.05 Å². The number of carbonyl (C=O) groups is 2. The molecule has 0 saturated carbocycles. The fourth-order valence-corrected chi connectivity index (χ4v) is 2.69. The first kappa shape index (κ1) is 14.5. The maximum Gasteiger partial charge on any atom is 0.325 e. The van der Waals surface area contributed by atoms with Gasteiger partial charge in [-0.05, 0) is 12.1 Å². The number of aromatic nitrogens is 3. The molecule has 0 spiro atoms. The van der Waals surface area contributed by atoms with Crippen molar-refractivity contribution in [1.29, 1.82) is 0 Å². The van der Waals surface area contributed by atoms with Crippen LogP contribution in [0.2, 0.25) is 4.34 Å². The minimum Gasteiger partial charge on any atom is -0.480 e. The Balaban J connectivity index is 2.02. The van der Waals surface area contributed by atoms with Crippen molar-refractivity contribution in [3.63, 3.8) is 0 Å². The second-order valence-corrected chi connectivity index (χ2v) is 5.86. The number of amides is 1. The Morgan fingerprint density at radius 3 is 2.85 bits per heavy atom. The molecule has 0 saturated heterocycles. The molecule has 2 rings (SSSR count). The average Bonchev–Trinajstić information content (AvgIpc) is 2.97. The highest BCUT2D eigenvalue weighted by Gasteiger charge is 2.17. The van der Waals surface area contributed by atoms with Gasteiger partial charge in [0.2, 0.25) is 0 Å². The molecule has 0 aliphatic rings. The summed E-state index contributed by atoms with van der Waals surface area (Å²) in [6, 6.07) is 3.61. The van der Waals surface area contributed by atoms with Crippen LogP contribution in [0.25, 0.3) is 0 Å². The SMILES string of the molecule is CN(Cc1ccc(Cl)s1)C(=O)c1cn(CC(=O)O)nn1. The molecule has 106 valence electrons. The van der Waals surface area contributed by atoms with E-state index in [9.17, 15) is 9.59 Å². The highest BCUT2D eigenvalue weighted by molar-refractivity contribution is 7.16. The van der Waals surface area contributed by atoms with Gasteiger partial charge in [-0.15, -0.1) is 16.4 Å². The van der Waals surface area contributed by atoms with Gasteiger partial charge in [0, 0.05) is 11.9 Å². The second-order valence-electron chi connectivity index (χ2n) is 4.06. The van der Waals surface area contributed by atoms with Gasteiger partial charge in [0.05, 0.1) is 17.1 Å². The van der Waals surface area contributed by atoms with Gasteiger partial charge in [-0.1, -0.05) is 16.8 Å². The molecule has 0 atom stereocenters. The number of carboxylic acid groups (broad SMARTS) is 1. The van der Waals surface area contributed by atoms with E-state index in [1.165, 1.54) is 22.4 Å². The molecule has 9 heteroatoms. The number of nitrogens with zero attached hydrogens (tertiary/aromatic N) is 4. The lowest BCUT2D eigenvalue weighted by molar-refractivity contribution is -0.137. The number of aliphatic carboxylic acids is 1. The Kier molecular flexibility index (Phi) is 4.35. The molecule has 0 radical (unpaired) electrons. The Bertz CT molecular complexity index is 639. The van der Waals surface area contributed by atoms with Gasteiger partial charge in [-0.25, -0.2) is 4.68 Å². The van der Waals surface area contributed by atoms with E-state index < -0.39 is 5.97 Å². The van der Waals surface area contributed by atoms with Crippen molar-refractivity contribution >= 4 is 34.8 Å². The Labute approximate surface area is 123 Å². The molecule has 2 heterocycles. The molecule has 20 heavy (non-hydrogen) atoms. The van der Waals surface area contributed by atoms with Gasteiger partial charge in [0.1, 0.15) is 6.54 Å². The summed E-state index contributed by atoms with van der Waals surface area (Å²) in [7, 11) is 1.63. The van der Waals surface area contributed by atoms with Crippen LogP contribution in [-0.2, 0) is 17.9 Å². The van der Waals surface area contributed by atoms with Crippen molar-refractivity contribution in [1.82, 2.24) is 19.9 Å². The predicted molar refractivity (Wildman–Crippen MR) is 72.8 cm³/mol. The lowest BCUT2D eigenvalue weighted by Crippen LogP contribution is -2.26. The van der Waals surface area contributed by atoms with Crippen molar-refractivity contribution < 1.29 is 14.7 Å². The zero-order valence-electron chi connectivity index (χ0n) is 10.5. The van der Waals surface area contributed by atoms with Crippen LogP contribution in [0.4, 0.5) is 0 Å². The number of rotatable bonds is 5. The first-order valence-electron chi connectivity index (χ1n) is 5.57.